The van der Waals surface area contributed by atoms with Crippen LogP contribution in [0.5, 0.6) is 11.5 Å². The van der Waals surface area contributed by atoms with Crippen molar-refractivity contribution in [1.29, 1.82) is 5.26 Å². The van der Waals surface area contributed by atoms with Crippen LogP contribution in [-0.4, -0.2) is 53.0 Å². The number of ether oxygens (including phenoxy) is 2. The standard InChI is InChI=1S/C21H24N8O2/c22-7-5-15-12-26-20(14-3-4-17-18(10-14)31-13-30-17)28(15)19-6-9-25-21(27-19)29(23)16-2-1-8-24-11-16/h3-4,6,10,12,16,24H,1-2,5,8-9,11,13,23H2,(H,25,27). The van der Waals surface area contributed by atoms with E-state index in [1.807, 2.05) is 28.8 Å². The number of aromatic nitrogens is 2. The Balaban J connectivity index is 1.51. The molecule has 5 rings (SSSR count). The van der Waals surface area contributed by atoms with E-state index in [2.05, 4.69) is 21.7 Å². The highest BCUT2D eigenvalue weighted by Crippen LogP contribution is 2.36. The number of benzene rings is 1. The van der Waals surface area contributed by atoms with Crippen LogP contribution in [-0.2, 0) is 6.42 Å². The first-order valence-corrected chi connectivity index (χ1v) is 10.4. The average Bonchev–Trinajstić information content (AvgIpc) is 3.46. The fourth-order valence-electron chi connectivity index (χ4n) is 4.05. The number of piperidine rings is 1. The van der Waals surface area contributed by atoms with E-state index in [1.165, 1.54) is 0 Å². The molecule has 1 aromatic carbocycles. The predicted molar refractivity (Wildman–Crippen MR) is 115 cm³/mol. The second kappa shape index (κ2) is 8.29. The van der Waals surface area contributed by atoms with Gasteiger partial charge in [0, 0.05) is 18.7 Å². The lowest BCUT2D eigenvalue weighted by Crippen LogP contribution is -2.56. The highest BCUT2D eigenvalue weighted by atomic mass is 16.7. The third-order valence-corrected chi connectivity index (χ3v) is 5.63. The Morgan fingerprint density at radius 2 is 2.23 bits per heavy atom. The van der Waals surface area contributed by atoms with E-state index in [9.17, 15) is 5.26 Å². The largest absolute Gasteiger partial charge is 0.454 e. The number of hydrogen-bond acceptors (Lipinski definition) is 9. The van der Waals surface area contributed by atoms with Crippen LogP contribution in [0.1, 0.15) is 18.5 Å². The van der Waals surface area contributed by atoms with Gasteiger partial charge in [-0.1, -0.05) is 0 Å². The van der Waals surface area contributed by atoms with Crippen molar-refractivity contribution >= 4 is 11.8 Å². The van der Waals surface area contributed by atoms with Gasteiger partial charge in [0.15, 0.2) is 11.5 Å². The number of nitriles is 1. The number of guanidine groups is 1. The number of nitrogens with zero attached hydrogens (tertiary/aromatic N) is 5. The van der Waals surface area contributed by atoms with Gasteiger partial charge in [0.25, 0.3) is 0 Å². The molecule has 1 atom stereocenters. The van der Waals surface area contributed by atoms with Crippen molar-refractivity contribution < 1.29 is 9.47 Å². The summed E-state index contributed by atoms with van der Waals surface area (Å²) in [7, 11) is 0. The molecule has 160 valence electrons. The smallest absolute Gasteiger partial charge is 0.231 e. The quantitative estimate of drug-likeness (QED) is 0.495. The van der Waals surface area contributed by atoms with E-state index in [0.717, 1.165) is 37.2 Å². The highest BCUT2D eigenvalue weighted by molar-refractivity contribution is 5.86. The lowest BCUT2D eigenvalue weighted by Gasteiger charge is -2.34. The van der Waals surface area contributed by atoms with Crippen molar-refractivity contribution in [2.45, 2.75) is 25.3 Å². The summed E-state index contributed by atoms with van der Waals surface area (Å²) in [6.07, 6.45) is 5.99. The molecule has 0 bridgehead atoms. The molecule has 0 radical (unpaired) electrons. The summed E-state index contributed by atoms with van der Waals surface area (Å²) in [6.45, 7) is 2.62. The number of nitrogens with one attached hydrogen (secondary N) is 2. The van der Waals surface area contributed by atoms with Crippen molar-refractivity contribution in [3.8, 4) is 29.0 Å². The molecule has 3 aliphatic rings. The zero-order valence-electron chi connectivity index (χ0n) is 17.0. The number of aliphatic imine (C=N–C) groups is 1. The van der Waals surface area contributed by atoms with Gasteiger partial charge < -0.3 is 20.1 Å². The first-order valence-electron chi connectivity index (χ1n) is 10.4. The van der Waals surface area contributed by atoms with E-state index in [4.69, 9.17) is 20.3 Å². The van der Waals surface area contributed by atoms with Crippen LogP contribution in [0.3, 0.4) is 0 Å². The van der Waals surface area contributed by atoms with Crippen molar-refractivity contribution in [2.24, 2.45) is 10.8 Å². The molecule has 0 aliphatic carbocycles. The normalized spacial score (nSPS) is 19.8. The number of rotatable bonds is 4. The molecule has 1 unspecified atom stereocenters. The fraction of sp³-hybridized carbons (Fsp3) is 0.381. The molecule has 3 aliphatic heterocycles. The molecule has 31 heavy (non-hydrogen) atoms. The minimum atomic E-state index is 0.175. The van der Waals surface area contributed by atoms with Gasteiger partial charge in [0.2, 0.25) is 12.8 Å². The average molecular weight is 420 g/mol. The van der Waals surface area contributed by atoms with Gasteiger partial charge in [-0.05, 0) is 43.7 Å². The summed E-state index contributed by atoms with van der Waals surface area (Å²) in [5.74, 6) is 9.77. The molecule has 4 N–H and O–H groups in total. The maximum Gasteiger partial charge on any atom is 0.231 e. The van der Waals surface area contributed by atoms with Crippen molar-refractivity contribution in [1.82, 2.24) is 25.2 Å². The number of imidazole rings is 1. The molecule has 0 spiro atoms. The van der Waals surface area contributed by atoms with Crippen LogP contribution in [0.25, 0.3) is 17.2 Å². The molecule has 2 aromatic rings. The zero-order chi connectivity index (χ0) is 21.2. The second-order valence-electron chi connectivity index (χ2n) is 7.60. The van der Waals surface area contributed by atoms with Crippen molar-refractivity contribution in [3.63, 3.8) is 0 Å². The number of nitrogens with two attached hydrogens (primary N) is 1. The number of hydrazine groups is 1. The van der Waals surface area contributed by atoms with Crippen LogP contribution in [0.2, 0.25) is 0 Å². The van der Waals surface area contributed by atoms with Gasteiger partial charge in [0.1, 0.15) is 11.6 Å². The first-order chi connectivity index (χ1) is 15.2. The summed E-state index contributed by atoms with van der Waals surface area (Å²) < 4.78 is 12.9. The lowest BCUT2D eigenvalue weighted by molar-refractivity contribution is 0.174. The SMILES string of the molecule is N#CCc1cnc(-c2ccc3c(c2)OCO3)n1C1=CCNC(N(N)C2CCCNC2)=N1. The van der Waals surface area contributed by atoms with E-state index >= 15 is 0 Å². The number of hydrogen-bond donors (Lipinski definition) is 3. The van der Waals surface area contributed by atoms with E-state index in [-0.39, 0.29) is 19.3 Å². The third kappa shape index (κ3) is 3.69. The molecule has 0 amide bonds. The Hall–Kier alpha value is -3.55. The van der Waals surface area contributed by atoms with Gasteiger partial charge in [-0.3, -0.25) is 9.58 Å². The Morgan fingerprint density at radius 1 is 1.32 bits per heavy atom. The summed E-state index contributed by atoms with van der Waals surface area (Å²) in [6, 6.07) is 8.08. The molecule has 0 saturated carbocycles. The molecule has 10 nitrogen and oxygen atoms in total. The van der Waals surface area contributed by atoms with Crippen LogP contribution >= 0.6 is 0 Å². The van der Waals surface area contributed by atoms with Gasteiger partial charge >= 0.3 is 0 Å². The molecule has 1 saturated heterocycles. The summed E-state index contributed by atoms with van der Waals surface area (Å²) in [5.41, 5.74) is 1.61. The lowest BCUT2D eigenvalue weighted by atomic mass is 10.1. The summed E-state index contributed by atoms with van der Waals surface area (Å²) in [4.78, 5) is 9.39. The van der Waals surface area contributed by atoms with Crippen molar-refractivity contribution in [3.05, 3.63) is 36.2 Å². The predicted octanol–water partition coefficient (Wildman–Crippen LogP) is 1.03. The number of fused-ring (bicyclic) bond motifs is 1. The first kappa shape index (κ1) is 19.4. The maximum atomic E-state index is 9.33. The Bertz CT molecular complexity index is 1080. The van der Waals surface area contributed by atoms with Crippen LogP contribution in [0.4, 0.5) is 0 Å². The fourth-order valence-corrected chi connectivity index (χ4v) is 4.05. The minimum Gasteiger partial charge on any atom is -0.454 e. The maximum absolute atomic E-state index is 9.33. The van der Waals surface area contributed by atoms with Crippen LogP contribution in [0.15, 0.2) is 35.5 Å². The van der Waals surface area contributed by atoms with E-state index in [0.29, 0.717) is 35.6 Å². The molecular formula is C21H24N8O2. The molecule has 1 fully saturated rings. The topological polar surface area (TPSA) is 126 Å². The van der Waals surface area contributed by atoms with Gasteiger partial charge in [-0.25, -0.2) is 10.8 Å². The summed E-state index contributed by atoms with van der Waals surface area (Å²) >= 11 is 0. The zero-order valence-corrected chi connectivity index (χ0v) is 17.0. The molecular weight excluding hydrogens is 396 g/mol. The molecule has 4 heterocycles. The van der Waals surface area contributed by atoms with Gasteiger partial charge in [-0.15, -0.1) is 0 Å². The second-order valence-corrected chi connectivity index (χ2v) is 7.60. The third-order valence-electron chi connectivity index (χ3n) is 5.63. The monoisotopic (exact) mass is 420 g/mol. The van der Waals surface area contributed by atoms with E-state index in [1.54, 1.807) is 11.2 Å². The summed E-state index contributed by atoms with van der Waals surface area (Å²) in [5, 5.41) is 17.7. The Kier molecular flexibility index (Phi) is 5.19. The molecule has 10 heteroatoms. The van der Waals surface area contributed by atoms with Gasteiger partial charge in [0.05, 0.1) is 30.4 Å². The Morgan fingerprint density at radius 3 is 3.06 bits per heavy atom. The highest BCUT2D eigenvalue weighted by Gasteiger charge is 2.25. The molecule has 1 aromatic heterocycles. The van der Waals surface area contributed by atoms with Crippen LogP contribution < -0.4 is 25.9 Å². The van der Waals surface area contributed by atoms with Gasteiger partial charge in [-0.2, -0.15) is 10.3 Å². The van der Waals surface area contributed by atoms with E-state index < -0.39 is 0 Å². The van der Waals surface area contributed by atoms with Crippen LogP contribution in [0, 0.1) is 11.3 Å². The van der Waals surface area contributed by atoms with Crippen molar-refractivity contribution in [2.75, 3.05) is 26.4 Å². The Labute approximate surface area is 179 Å². The minimum absolute atomic E-state index is 0.175.